The lowest BCUT2D eigenvalue weighted by molar-refractivity contribution is 0.0987. The smallest absolute Gasteiger partial charge is 0.258 e. The first-order valence-electron chi connectivity index (χ1n) is 9.27. The molecule has 4 nitrogen and oxygen atoms in total. The molecule has 3 aromatic rings. The van der Waals surface area contributed by atoms with Crippen LogP contribution in [0.15, 0.2) is 72.8 Å². The van der Waals surface area contributed by atoms with Gasteiger partial charge in [-0.05, 0) is 54.8 Å². The van der Waals surface area contributed by atoms with Gasteiger partial charge in [-0.15, -0.1) is 0 Å². The van der Waals surface area contributed by atoms with E-state index in [4.69, 9.17) is 9.47 Å². The lowest BCUT2D eigenvalue weighted by atomic mass is 10.1. The van der Waals surface area contributed by atoms with Gasteiger partial charge < -0.3 is 14.4 Å². The SMILES string of the molecule is COc1cccc(CCN(C(=O)c2ccccc2)c2ccc(C)c(OC)c2)c1. The predicted molar refractivity (Wildman–Crippen MR) is 113 cm³/mol. The molecule has 0 saturated carbocycles. The number of rotatable bonds is 7. The van der Waals surface area contributed by atoms with Crippen LogP contribution in [0.25, 0.3) is 0 Å². The number of carbonyl (C=O) groups excluding carboxylic acids is 1. The molecule has 3 aromatic carbocycles. The van der Waals surface area contributed by atoms with Crippen LogP contribution in [-0.4, -0.2) is 26.7 Å². The van der Waals surface area contributed by atoms with E-state index in [1.807, 2.05) is 79.7 Å². The van der Waals surface area contributed by atoms with E-state index >= 15 is 0 Å². The second-order valence-electron chi connectivity index (χ2n) is 6.58. The Hall–Kier alpha value is -3.27. The molecule has 4 heteroatoms. The van der Waals surface area contributed by atoms with Gasteiger partial charge in [0.2, 0.25) is 0 Å². The zero-order chi connectivity index (χ0) is 19.9. The zero-order valence-electron chi connectivity index (χ0n) is 16.5. The third-order valence-corrected chi connectivity index (χ3v) is 4.73. The highest BCUT2D eigenvalue weighted by molar-refractivity contribution is 6.06. The summed E-state index contributed by atoms with van der Waals surface area (Å²) in [5.74, 6) is 1.55. The van der Waals surface area contributed by atoms with Crippen molar-refractivity contribution in [2.24, 2.45) is 0 Å². The highest BCUT2D eigenvalue weighted by Crippen LogP contribution is 2.27. The maximum absolute atomic E-state index is 13.2. The van der Waals surface area contributed by atoms with E-state index in [0.29, 0.717) is 18.5 Å². The van der Waals surface area contributed by atoms with Gasteiger partial charge >= 0.3 is 0 Å². The fourth-order valence-corrected chi connectivity index (χ4v) is 3.13. The molecule has 0 aromatic heterocycles. The number of nitrogens with zero attached hydrogens (tertiary/aromatic N) is 1. The Bertz CT molecular complexity index is 938. The molecule has 0 bridgehead atoms. The van der Waals surface area contributed by atoms with Crippen LogP contribution in [-0.2, 0) is 6.42 Å². The van der Waals surface area contributed by atoms with Gasteiger partial charge in [-0.3, -0.25) is 4.79 Å². The first-order chi connectivity index (χ1) is 13.6. The molecule has 0 fully saturated rings. The summed E-state index contributed by atoms with van der Waals surface area (Å²) in [4.78, 5) is 15.0. The normalized spacial score (nSPS) is 10.4. The molecule has 0 unspecified atom stereocenters. The van der Waals surface area contributed by atoms with Gasteiger partial charge in [0.25, 0.3) is 5.91 Å². The summed E-state index contributed by atoms with van der Waals surface area (Å²) >= 11 is 0. The summed E-state index contributed by atoms with van der Waals surface area (Å²) in [5, 5.41) is 0. The van der Waals surface area contributed by atoms with Crippen molar-refractivity contribution in [1.82, 2.24) is 0 Å². The number of carbonyl (C=O) groups is 1. The molecule has 0 aliphatic heterocycles. The summed E-state index contributed by atoms with van der Waals surface area (Å²) in [7, 11) is 3.30. The average Bonchev–Trinajstić information content (AvgIpc) is 2.75. The molecule has 0 spiro atoms. The van der Waals surface area contributed by atoms with Gasteiger partial charge in [-0.1, -0.05) is 36.4 Å². The van der Waals surface area contributed by atoms with Crippen molar-refractivity contribution in [3.63, 3.8) is 0 Å². The van der Waals surface area contributed by atoms with E-state index in [-0.39, 0.29) is 5.91 Å². The molecule has 0 N–H and O–H groups in total. The Kier molecular flexibility index (Phi) is 6.33. The van der Waals surface area contributed by atoms with Crippen LogP contribution in [0.2, 0.25) is 0 Å². The van der Waals surface area contributed by atoms with Crippen molar-refractivity contribution in [1.29, 1.82) is 0 Å². The van der Waals surface area contributed by atoms with Crippen molar-refractivity contribution >= 4 is 11.6 Å². The Morgan fingerprint density at radius 2 is 1.68 bits per heavy atom. The van der Waals surface area contributed by atoms with Crippen molar-refractivity contribution in [3.05, 3.63) is 89.5 Å². The first kappa shape index (κ1) is 19.5. The van der Waals surface area contributed by atoms with Crippen LogP contribution in [0.3, 0.4) is 0 Å². The Balaban J connectivity index is 1.91. The largest absolute Gasteiger partial charge is 0.497 e. The monoisotopic (exact) mass is 375 g/mol. The summed E-state index contributed by atoms with van der Waals surface area (Å²) in [6.45, 7) is 2.54. The van der Waals surface area contributed by atoms with Crippen molar-refractivity contribution in [2.75, 3.05) is 25.7 Å². The maximum atomic E-state index is 13.2. The van der Waals surface area contributed by atoms with E-state index in [2.05, 4.69) is 0 Å². The van der Waals surface area contributed by atoms with E-state index in [1.54, 1.807) is 19.1 Å². The minimum atomic E-state index is -0.0330. The second kappa shape index (κ2) is 9.09. The van der Waals surface area contributed by atoms with Gasteiger partial charge in [0.05, 0.1) is 14.2 Å². The van der Waals surface area contributed by atoms with Gasteiger partial charge in [-0.25, -0.2) is 0 Å². The number of hydrogen-bond donors (Lipinski definition) is 0. The number of aryl methyl sites for hydroxylation is 1. The highest BCUT2D eigenvalue weighted by atomic mass is 16.5. The summed E-state index contributed by atoms with van der Waals surface area (Å²) < 4.78 is 10.8. The molecule has 144 valence electrons. The third kappa shape index (κ3) is 4.52. The fourth-order valence-electron chi connectivity index (χ4n) is 3.13. The first-order valence-corrected chi connectivity index (χ1v) is 9.27. The van der Waals surface area contributed by atoms with Gasteiger partial charge in [0.15, 0.2) is 0 Å². The summed E-state index contributed by atoms with van der Waals surface area (Å²) in [5.41, 5.74) is 3.63. The molecule has 0 radical (unpaired) electrons. The molecule has 0 aliphatic carbocycles. The zero-order valence-corrected chi connectivity index (χ0v) is 16.5. The number of methoxy groups -OCH3 is 2. The number of amides is 1. The average molecular weight is 375 g/mol. The number of ether oxygens (including phenoxy) is 2. The fraction of sp³-hybridized carbons (Fsp3) is 0.208. The Morgan fingerprint density at radius 3 is 2.39 bits per heavy atom. The number of anilines is 1. The van der Waals surface area contributed by atoms with Crippen LogP contribution >= 0.6 is 0 Å². The molecule has 0 atom stereocenters. The molecular weight excluding hydrogens is 350 g/mol. The number of hydrogen-bond acceptors (Lipinski definition) is 3. The lowest BCUT2D eigenvalue weighted by Gasteiger charge is -2.24. The van der Waals surface area contributed by atoms with Crippen LogP contribution in [0.4, 0.5) is 5.69 Å². The minimum Gasteiger partial charge on any atom is -0.497 e. The van der Waals surface area contributed by atoms with Gasteiger partial charge in [-0.2, -0.15) is 0 Å². The number of benzene rings is 3. The van der Waals surface area contributed by atoms with Crippen LogP contribution in [0.5, 0.6) is 11.5 Å². The van der Waals surface area contributed by atoms with E-state index in [0.717, 1.165) is 28.3 Å². The molecule has 1 amide bonds. The lowest BCUT2D eigenvalue weighted by Crippen LogP contribution is -2.33. The summed E-state index contributed by atoms with van der Waals surface area (Å²) in [6.07, 6.45) is 0.714. The van der Waals surface area contributed by atoms with Crippen molar-refractivity contribution in [2.45, 2.75) is 13.3 Å². The van der Waals surface area contributed by atoms with Crippen LogP contribution < -0.4 is 14.4 Å². The molecular formula is C24H25NO3. The standard InChI is InChI=1S/C24H25NO3/c1-18-12-13-21(17-23(18)28-3)25(24(26)20-9-5-4-6-10-20)15-14-19-8-7-11-22(16-19)27-2/h4-13,16-17H,14-15H2,1-3H3. The van der Waals surface area contributed by atoms with E-state index in [9.17, 15) is 4.79 Å². The topological polar surface area (TPSA) is 38.8 Å². The van der Waals surface area contributed by atoms with Crippen LogP contribution in [0.1, 0.15) is 21.5 Å². The van der Waals surface area contributed by atoms with E-state index < -0.39 is 0 Å². The predicted octanol–water partition coefficient (Wildman–Crippen LogP) is 4.90. The molecule has 0 aliphatic rings. The summed E-state index contributed by atoms with van der Waals surface area (Å²) in [6, 6.07) is 23.1. The third-order valence-electron chi connectivity index (χ3n) is 4.73. The van der Waals surface area contributed by atoms with Gasteiger partial charge in [0, 0.05) is 23.9 Å². The second-order valence-corrected chi connectivity index (χ2v) is 6.58. The molecule has 0 heterocycles. The molecule has 28 heavy (non-hydrogen) atoms. The quantitative estimate of drug-likeness (QED) is 0.589. The highest BCUT2D eigenvalue weighted by Gasteiger charge is 2.18. The Labute approximate surface area is 166 Å². The van der Waals surface area contributed by atoms with Crippen molar-refractivity contribution in [3.8, 4) is 11.5 Å². The molecule has 3 rings (SSSR count). The maximum Gasteiger partial charge on any atom is 0.258 e. The van der Waals surface area contributed by atoms with Crippen molar-refractivity contribution < 1.29 is 14.3 Å². The minimum absolute atomic E-state index is 0.0330. The Morgan fingerprint density at radius 1 is 0.893 bits per heavy atom. The molecule has 0 saturated heterocycles. The van der Waals surface area contributed by atoms with Crippen LogP contribution in [0, 0.1) is 6.92 Å². The van der Waals surface area contributed by atoms with E-state index in [1.165, 1.54) is 0 Å². The van der Waals surface area contributed by atoms with Gasteiger partial charge in [0.1, 0.15) is 11.5 Å².